The second-order valence-electron chi connectivity index (χ2n) is 7.47. The Morgan fingerprint density at radius 2 is 1.94 bits per heavy atom. The van der Waals surface area contributed by atoms with Crippen molar-refractivity contribution >= 4 is 61.4 Å². The summed E-state index contributed by atoms with van der Waals surface area (Å²) in [4.78, 5) is 14.1. The van der Waals surface area contributed by atoms with Crippen molar-refractivity contribution in [1.82, 2.24) is 10.3 Å². The summed E-state index contributed by atoms with van der Waals surface area (Å²) in [5.41, 5.74) is 4.57. The van der Waals surface area contributed by atoms with E-state index in [-0.39, 0.29) is 5.91 Å². The predicted octanol–water partition coefficient (Wildman–Crippen LogP) is 4.57. The fraction of sp³-hybridized carbons (Fsp3) is 0.250. The average Bonchev–Trinajstić information content (AvgIpc) is 2.79. The fourth-order valence-electron chi connectivity index (χ4n) is 3.45. The number of fused-ring (bicyclic) bond motifs is 1. The van der Waals surface area contributed by atoms with Crippen LogP contribution in [0.2, 0.25) is 0 Å². The molecule has 3 aromatic carbocycles. The summed E-state index contributed by atoms with van der Waals surface area (Å²) in [6.07, 6.45) is 1.64. The number of ether oxygens (including phenoxy) is 2. The largest absolute Gasteiger partial charge is 0.487 e. The number of carbonyl (C=O) groups excluding carboxylic acids is 1. The third-order valence-electron chi connectivity index (χ3n) is 5.09. The molecule has 8 heteroatoms. The molecule has 1 aliphatic rings. The van der Waals surface area contributed by atoms with Gasteiger partial charge in [-0.05, 0) is 78.6 Å². The summed E-state index contributed by atoms with van der Waals surface area (Å²) in [6, 6.07) is 18.5. The van der Waals surface area contributed by atoms with Crippen molar-refractivity contribution in [2.45, 2.75) is 6.61 Å². The van der Waals surface area contributed by atoms with Crippen LogP contribution in [0.5, 0.6) is 5.75 Å². The number of hydrogen-bond donors (Lipinski definition) is 1. The first-order valence-electron chi connectivity index (χ1n) is 10.3. The molecule has 6 nitrogen and oxygen atoms in total. The molecule has 0 spiro atoms. The van der Waals surface area contributed by atoms with Crippen LogP contribution in [0.1, 0.15) is 11.1 Å². The number of hydrazone groups is 1. The quantitative estimate of drug-likeness (QED) is 0.243. The Balaban J connectivity index is 1.34. The molecule has 0 atom stereocenters. The van der Waals surface area contributed by atoms with Crippen molar-refractivity contribution in [3.8, 4) is 5.75 Å². The van der Waals surface area contributed by atoms with E-state index in [1.807, 2.05) is 24.3 Å². The minimum atomic E-state index is -0.132. The van der Waals surface area contributed by atoms with Gasteiger partial charge in [-0.1, -0.05) is 36.4 Å². The highest BCUT2D eigenvalue weighted by Gasteiger charge is 2.13. The van der Waals surface area contributed by atoms with Crippen molar-refractivity contribution in [3.63, 3.8) is 0 Å². The van der Waals surface area contributed by atoms with Crippen LogP contribution >= 0.6 is 38.5 Å². The lowest BCUT2D eigenvalue weighted by atomic mass is 10.1. The Morgan fingerprint density at radius 1 is 1.16 bits per heavy atom. The first-order valence-corrected chi connectivity index (χ1v) is 12.2. The molecule has 1 aliphatic heterocycles. The summed E-state index contributed by atoms with van der Waals surface area (Å²) in [7, 11) is 0. The van der Waals surface area contributed by atoms with Crippen molar-refractivity contribution in [2.24, 2.45) is 5.10 Å². The third-order valence-corrected chi connectivity index (χ3v) is 6.48. The van der Waals surface area contributed by atoms with Gasteiger partial charge in [-0.3, -0.25) is 9.69 Å². The van der Waals surface area contributed by atoms with Gasteiger partial charge in [-0.25, -0.2) is 5.43 Å². The van der Waals surface area contributed by atoms with Crippen molar-refractivity contribution < 1.29 is 14.3 Å². The molecule has 0 bridgehead atoms. The molecule has 166 valence electrons. The van der Waals surface area contributed by atoms with Gasteiger partial charge in [0.25, 0.3) is 5.91 Å². The van der Waals surface area contributed by atoms with Gasteiger partial charge >= 0.3 is 0 Å². The van der Waals surface area contributed by atoms with Crippen LogP contribution in [-0.2, 0) is 16.1 Å². The van der Waals surface area contributed by atoms with Crippen LogP contribution in [0.4, 0.5) is 0 Å². The van der Waals surface area contributed by atoms with Crippen LogP contribution in [-0.4, -0.2) is 49.9 Å². The Bertz CT molecular complexity index is 1110. The van der Waals surface area contributed by atoms with E-state index < -0.39 is 0 Å². The zero-order valence-electron chi connectivity index (χ0n) is 17.4. The van der Waals surface area contributed by atoms with Gasteiger partial charge in [-0.15, -0.1) is 0 Å². The molecular formula is C24H23BrIN3O3. The first kappa shape index (κ1) is 23.2. The molecule has 0 saturated carbocycles. The van der Waals surface area contributed by atoms with E-state index in [9.17, 15) is 4.79 Å². The summed E-state index contributed by atoms with van der Waals surface area (Å²) >= 11 is 5.85. The molecule has 0 unspecified atom stereocenters. The lowest BCUT2D eigenvalue weighted by molar-refractivity contribution is -0.123. The number of amides is 1. The molecule has 1 amide bonds. The fourth-order valence-corrected chi connectivity index (χ4v) is 5.22. The lowest BCUT2D eigenvalue weighted by Crippen LogP contribution is -2.42. The van der Waals surface area contributed by atoms with Gasteiger partial charge in [0, 0.05) is 13.1 Å². The Morgan fingerprint density at radius 3 is 2.72 bits per heavy atom. The predicted molar refractivity (Wildman–Crippen MR) is 138 cm³/mol. The van der Waals surface area contributed by atoms with Crippen LogP contribution in [0.25, 0.3) is 10.8 Å². The van der Waals surface area contributed by atoms with E-state index in [0.717, 1.165) is 38.0 Å². The topological polar surface area (TPSA) is 63.2 Å². The number of hydrogen-bond acceptors (Lipinski definition) is 5. The van der Waals surface area contributed by atoms with E-state index in [4.69, 9.17) is 9.47 Å². The third kappa shape index (κ3) is 6.28. The first-order chi connectivity index (χ1) is 15.6. The van der Waals surface area contributed by atoms with Crippen LogP contribution in [0, 0.1) is 3.57 Å². The summed E-state index contributed by atoms with van der Waals surface area (Å²) in [5, 5.41) is 6.51. The minimum Gasteiger partial charge on any atom is -0.487 e. The van der Waals surface area contributed by atoms with Gasteiger partial charge in [0.1, 0.15) is 12.4 Å². The monoisotopic (exact) mass is 607 g/mol. The highest BCUT2D eigenvalue weighted by atomic mass is 127. The number of nitrogens with zero attached hydrogens (tertiary/aromatic N) is 2. The number of halogens is 2. The van der Waals surface area contributed by atoms with Crippen molar-refractivity contribution in [3.05, 3.63) is 73.8 Å². The van der Waals surface area contributed by atoms with Gasteiger partial charge < -0.3 is 9.47 Å². The highest BCUT2D eigenvalue weighted by Crippen LogP contribution is 2.32. The van der Waals surface area contributed by atoms with Crippen molar-refractivity contribution in [2.75, 3.05) is 32.8 Å². The number of rotatable bonds is 7. The smallest absolute Gasteiger partial charge is 0.254 e. The molecule has 0 radical (unpaired) electrons. The highest BCUT2D eigenvalue weighted by molar-refractivity contribution is 14.1. The van der Waals surface area contributed by atoms with Crippen LogP contribution in [0.3, 0.4) is 0 Å². The normalized spacial score (nSPS) is 14.7. The Kier molecular flexibility index (Phi) is 8.12. The van der Waals surface area contributed by atoms with Gasteiger partial charge in [0.05, 0.1) is 34.0 Å². The van der Waals surface area contributed by atoms with Gasteiger partial charge in [0.2, 0.25) is 0 Å². The van der Waals surface area contributed by atoms with E-state index in [2.05, 4.69) is 84.3 Å². The summed E-state index contributed by atoms with van der Waals surface area (Å²) in [5.74, 6) is 0.652. The number of benzene rings is 3. The van der Waals surface area contributed by atoms with Gasteiger partial charge in [-0.2, -0.15) is 5.10 Å². The molecule has 4 rings (SSSR count). The zero-order chi connectivity index (χ0) is 22.3. The number of carbonyl (C=O) groups is 1. The maximum atomic E-state index is 12.1. The molecule has 1 fully saturated rings. The molecule has 3 aromatic rings. The average molecular weight is 608 g/mol. The van der Waals surface area contributed by atoms with Crippen LogP contribution < -0.4 is 10.2 Å². The second-order valence-corrected chi connectivity index (χ2v) is 9.48. The summed E-state index contributed by atoms with van der Waals surface area (Å²) < 4.78 is 13.2. The lowest BCUT2D eigenvalue weighted by Gasteiger charge is -2.25. The molecule has 1 saturated heterocycles. The Hall–Kier alpha value is -2.01. The number of morpholine rings is 1. The summed E-state index contributed by atoms with van der Waals surface area (Å²) in [6.45, 7) is 3.66. The van der Waals surface area contributed by atoms with E-state index >= 15 is 0 Å². The molecule has 1 N–H and O–H groups in total. The van der Waals surface area contributed by atoms with Crippen LogP contribution in [0.15, 0.2) is 64.2 Å². The van der Waals surface area contributed by atoms with E-state index in [1.54, 1.807) is 6.21 Å². The van der Waals surface area contributed by atoms with Gasteiger partial charge in [0.15, 0.2) is 0 Å². The Labute approximate surface area is 209 Å². The molecular weight excluding hydrogens is 585 g/mol. The van der Waals surface area contributed by atoms with E-state index in [0.29, 0.717) is 26.4 Å². The molecule has 0 aromatic heterocycles. The molecule has 32 heavy (non-hydrogen) atoms. The maximum Gasteiger partial charge on any atom is 0.254 e. The minimum absolute atomic E-state index is 0.132. The molecule has 0 aliphatic carbocycles. The zero-order valence-corrected chi connectivity index (χ0v) is 21.1. The van der Waals surface area contributed by atoms with Crippen molar-refractivity contribution in [1.29, 1.82) is 0 Å². The number of nitrogens with one attached hydrogen (secondary N) is 1. The molecule has 1 heterocycles. The SMILES string of the molecule is O=C(CN1CCOCC1)N/N=C/c1cc(Br)c(OCc2ccc3ccccc3c2)c(I)c1. The van der Waals surface area contributed by atoms with E-state index in [1.165, 1.54) is 10.8 Å². The second kappa shape index (κ2) is 11.2. The standard InChI is InChI=1S/C24H23BrIN3O3/c25-21-12-18(14-27-28-23(30)15-29-7-9-31-10-8-29)13-22(26)24(21)32-16-17-5-6-19-3-1-2-4-20(19)11-17/h1-6,11-14H,7-10,15-16H2,(H,28,30)/b27-14+. The maximum absolute atomic E-state index is 12.1.